The summed E-state index contributed by atoms with van der Waals surface area (Å²) in [4.78, 5) is 27.2. The summed E-state index contributed by atoms with van der Waals surface area (Å²) in [6, 6.07) is 9.95. The Bertz CT molecular complexity index is 654. The van der Waals surface area contributed by atoms with E-state index in [9.17, 15) is 14.7 Å². The Morgan fingerprint density at radius 1 is 1.21 bits per heavy atom. The van der Waals surface area contributed by atoms with Gasteiger partial charge in [0.05, 0.1) is 10.8 Å². The third kappa shape index (κ3) is 2.10. The predicted molar refractivity (Wildman–Crippen MR) is 89.6 cm³/mol. The molecule has 3 fully saturated rings. The van der Waals surface area contributed by atoms with E-state index in [1.807, 2.05) is 35.2 Å². The van der Waals surface area contributed by atoms with Crippen LogP contribution in [0.5, 0.6) is 0 Å². The first kappa shape index (κ1) is 15.6. The number of amides is 1. The van der Waals surface area contributed by atoms with Crippen molar-refractivity contribution in [3.8, 4) is 0 Å². The first-order chi connectivity index (χ1) is 11.6. The fourth-order valence-corrected chi connectivity index (χ4v) is 5.10. The molecule has 1 aromatic rings. The summed E-state index contributed by atoms with van der Waals surface area (Å²) in [6.45, 7) is 2.43. The lowest BCUT2D eigenvalue weighted by atomic mass is 9.78. The van der Waals surface area contributed by atoms with Crippen LogP contribution in [0.1, 0.15) is 31.2 Å². The number of nitrogens with one attached hydrogen (secondary N) is 1. The highest BCUT2D eigenvalue weighted by atomic mass is 16.4. The largest absolute Gasteiger partial charge is 0.481 e. The van der Waals surface area contributed by atoms with Gasteiger partial charge in [0.15, 0.2) is 0 Å². The number of rotatable bonds is 3. The van der Waals surface area contributed by atoms with Gasteiger partial charge in [0.25, 0.3) is 0 Å². The van der Waals surface area contributed by atoms with Gasteiger partial charge in [-0.15, -0.1) is 0 Å². The van der Waals surface area contributed by atoms with Crippen LogP contribution in [0.4, 0.5) is 0 Å². The number of hydrogen-bond donors (Lipinski definition) is 2. The quantitative estimate of drug-likeness (QED) is 0.885. The third-order valence-corrected chi connectivity index (χ3v) is 6.47. The number of carboxylic acid groups (broad SMARTS) is 1. The molecule has 128 valence electrons. The van der Waals surface area contributed by atoms with Crippen molar-refractivity contribution in [3.05, 3.63) is 35.9 Å². The molecular formula is C19H24N2O3. The average Bonchev–Trinajstić information content (AvgIpc) is 3.29. The van der Waals surface area contributed by atoms with Gasteiger partial charge in [0.2, 0.25) is 5.91 Å². The van der Waals surface area contributed by atoms with Gasteiger partial charge >= 0.3 is 5.97 Å². The van der Waals surface area contributed by atoms with Gasteiger partial charge in [-0.3, -0.25) is 9.59 Å². The molecule has 1 aromatic carbocycles. The van der Waals surface area contributed by atoms with E-state index < -0.39 is 16.8 Å². The molecule has 3 aliphatic rings. The molecule has 0 spiro atoms. The van der Waals surface area contributed by atoms with Gasteiger partial charge in [0, 0.05) is 19.6 Å². The van der Waals surface area contributed by atoms with Crippen LogP contribution in [0.25, 0.3) is 0 Å². The average molecular weight is 328 g/mol. The maximum absolute atomic E-state index is 13.5. The van der Waals surface area contributed by atoms with E-state index in [4.69, 9.17) is 0 Å². The molecular weight excluding hydrogens is 304 g/mol. The summed E-state index contributed by atoms with van der Waals surface area (Å²) in [7, 11) is 0. The molecule has 1 saturated carbocycles. The highest BCUT2D eigenvalue weighted by molar-refractivity contribution is 5.90. The number of nitrogens with zero attached hydrogens (tertiary/aromatic N) is 1. The lowest BCUT2D eigenvalue weighted by Crippen LogP contribution is -2.48. The molecule has 0 bridgehead atoms. The highest BCUT2D eigenvalue weighted by Gasteiger charge is 2.58. The summed E-state index contributed by atoms with van der Waals surface area (Å²) in [6.07, 6.45) is 3.36. The van der Waals surface area contributed by atoms with Crippen molar-refractivity contribution in [2.24, 2.45) is 11.3 Å². The lowest BCUT2D eigenvalue weighted by Gasteiger charge is -2.33. The minimum absolute atomic E-state index is 0.105. The van der Waals surface area contributed by atoms with Crippen LogP contribution in [0.2, 0.25) is 0 Å². The Kier molecular flexibility index (Phi) is 3.64. The maximum Gasteiger partial charge on any atom is 0.311 e. The normalized spacial score (nSPS) is 35.2. The topological polar surface area (TPSA) is 69.6 Å². The Morgan fingerprint density at radius 3 is 2.62 bits per heavy atom. The number of fused-ring (bicyclic) bond motifs is 1. The van der Waals surface area contributed by atoms with Crippen molar-refractivity contribution < 1.29 is 14.7 Å². The predicted octanol–water partition coefficient (Wildman–Crippen LogP) is 1.63. The van der Waals surface area contributed by atoms with Crippen molar-refractivity contribution >= 4 is 11.9 Å². The second-order valence-electron chi connectivity index (χ2n) is 7.61. The van der Waals surface area contributed by atoms with Crippen molar-refractivity contribution in [2.75, 3.05) is 26.2 Å². The van der Waals surface area contributed by atoms with Gasteiger partial charge in [-0.05, 0) is 37.3 Å². The second-order valence-corrected chi connectivity index (χ2v) is 7.61. The first-order valence-corrected chi connectivity index (χ1v) is 8.88. The van der Waals surface area contributed by atoms with E-state index in [1.165, 1.54) is 0 Å². The summed E-state index contributed by atoms with van der Waals surface area (Å²) in [5.74, 6) is -0.506. The van der Waals surface area contributed by atoms with Crippen LogP contribution in [0.3, 0.4) is 0 Å². The number of likely N-dealkylation sites (tertiary alicyclic amines) is 1. The molecule has 0 radical (unpaired) electrons. The second kappa shape index (κ2) is 5.59. The minimum atomic E-state index is -0.724. The smallest absolute Gasteiger partial charge is 0.311 e. The maximum atomic E-state index is 13.5. The standard InChI is InChI=1S/C19H24N2O3/c22-16(18(9-10-20-12-18)14-5-2-1-3-6-14)21-11-15-7-4-8-19(15,13-21)17(23)24/h1-3,5-6,15,20H,4,7-13H2,(H,23,24)/t15-,18-,19+/m0/s1. The summed E-state index contributed by atoms with van der Waals surface area (Å²) in [5.41, 5.74) is -0.208. The van der Waals surface area contributed by atoms with Crippen LogP contribution in [0.15, 0.2) is 30.3 Å². The Balaban J connectivity index is 1.65. The van der Waals surface area contributed by atoms with Crippen molar-refractivity contribution in [2.45, 2.75) is 31.1 Å². The van der Waals surface area contributed by atoms with E-state index in [-0.39, 0.29) is 11.8 Å². The van der Waals surface area contributed by atoms with Gasteiger partial charge in [0.1, 0.15) is 0 Å². The summed E-state index contributed by atoms with van der Waals surface area (Å²) < 4.78 is 0. The molecule has 5 heteroatoms. The molecule has 1 aliphatic carbocycles. The van der Waals surface area contributed by atoms with Crippen molar-refractivity contribution in [1.29, 1.82) is 0 Å². The van der Waals surface area contributed by atoms with E-state index in [2.05, 4.69) is 5.32 Å². The van der Waals surface area contributed by atoms with E-state index in [1.54, 1.807) is 0 Å². The van der Waals surface area contributed by atoms with Gasteiger partial charge < -0.3 is 15.3 Å². The number of hydrogen-bond acceptors (Lipinski definition) is 3. The minimum Gasteiger partial charge on any atom is -0.481 e. The number of carbonyl (C=O) groups excluding carboxylic acids is 1. The van der Waals surface area contributed by atoms with Crippen molar-refractivity contribution in [1.82, 2.24) is 10.2 Å². The molecule has 5 nitrogen and oxygen atoms in total. The van der Waals surface area contributed by atoms with Gasteiger partial charge in [-0.25, -0.2) is 0 Å². The molecule has 4 rings (SSSR count). The molecule has 3 atom stereocenters. The molecule has 0 unspecified atom stereocenters. The van der Waals surface area contributed by atoms with Crippen molar-refractivity contribution in [3.63, 3.8) is 0 Å². The first-order valence-electron chi connectivity index (χ1n) is 8.88. The monoisotopic (exact) mass is 328 g/mol. The van der Waals surface area contributed by atoms with E-state index in [0.717, 1.165) is 31.4 Å². The molecule has 2 N–H and O–H groups in total. The van der Waals surface area contributed by atoms with E-state index >= 15 is 0 Å². The van der Waals surface area contributed by atoms with Crippen LogP contribution >= 0.6 is 0 Å². The van der Waals surface area contributed by atoms with Crippen LogP contribution in [0, 0.1) is 11.3 Å². The van der Waals surface area contributed by atoms with Crippen LogP contribution in [-0.4, -0.2) is 48.1 Å². The fraction of sp³-hybridized carbons (Fsp3) is 0.579. The molecule has 24 heavy (non-hydrogen) atoms. The zero-order valence-electron chi connectivity index (χ0n) is 13.8. The molecule has 2 saturated heterocycles. The zero-order valence-corrected chi connectivity index (χ0v) is 13.8. The summed E-state index contributed by atoms with van der Waals surface area (Å²) >= 11 is 0. The summed E-state index contributed by atoms with van der Waals surface area (Å²) in [5, 5.41) is 13.1. The number of aliphatic carboxylic acids is 1. The third-order valence-electron chi connectivity index (χ3n) is 6.47. The SMILES string of the molecule is O=C(N1C[C@@H]2CCC[C@@]2(C(=O)O)C1)[C@@]1(c2ccccc2)CCNC1. The molecule has 2 aliphatic heterocycles. The van der Waals surface area contributed by atoms with E-state index in [0.29, 0.717) is 26.1 Å². The Hall–Kier alpha value is -1.88. The molecule has 0 aromatic heterocycles. The van der Waals surface area contributed by atoms with Gasteiger partial charge in [-0.1, -0.05) is 36.8 Å². The fourth-order valence-electron chi connectivity index (χ4n) is 5.10. The Labute approximate surface area is 142 Å². The highest BCUT2D eigenvalue weighted by Crippen LogP contribution is 2.50. The zero-order chi connectivity index (χ0) is 16.8. The number of benzene rings is 1. The van der Waals surface area contributed by atoms with Crippen LogP contribution < -0.4 is 5.32 Å². The van der Waals surface area contributed by atoms with Crippen LogP contribution in [-0.2, 0) is 15.0 Å². The number of carboxylic acids is 1. The number of carbonyl (C=O) groups is 2. The van der Waals surface area contributed by atoms with Gasteiger partial charge in [-0.2, -0.15) is 0 Å². The molecule has 2 heterocycles. The Morgan fingerprint density at radius 2 is 2.00 bits per heavy atom. The lowest BCUT2D eigenvalue weighted by molar-refractivity contribution is -0.149. The molecule has 1 amide bonds.